The van der Waals surface area contributed by atoms with Crippen LogP contribution in [0.15, 0.2) is 24.3 Å². The molecule has 0 unspecified atom stereocenters. The fraction of sp³-hybridized carbons (Fsp3) is 0.588. The van der Waals surface area contributed by atoms with Gasteiger partial charge in [0.05, 0.1) is 23.9 Å². The molecule has 5 heteroatoms. The van der Waals surface area contributed by atoms with Crippen LogP contribution in [0.2, 0.25) is 0 Å². The zero-order chi connectivity index (χ0) is 16.4. The van der Waals surface area contributed by atoms with E-state index in [0.29, 0.717) is 6.61 Å². The molecule has 2 rings (SSSR count). The maximum absolute atomic E-state index is 12.3. The number of amides is 2. The molecule has 1 aromatic carbocycles. The average molecular weight is 306 g/mol. The molecule has 0 aliphatic carbocycles. The molecule has 1 saturated heterocycles. The van der Waals surface area contributed by atoms with Crippen molar-refractivity contribution in [3.63, 3.8) is 0 Å². The molecular formula is C17H26N2O3. The fourth-order valence-corrected chi connectivity index (χ4v) is 3.03. The maximum atomic E-state index is 12.3. The van der Waals surface area contributed by atoms with Gasteiger partial charge in [0, 0.05) is 18.4 Å². The number of urea groups is 1. The third kappa shape index (κ3) is 3.99. The van der Waals surface area contributed by atoms with Gasteiger partial charge in [0.25, 0.3) is 0 Å². The van der Waals surface area contributed by atoms with Crippen LogP contribution in [0.3, 0.4) is 0 Å². The van der Waals surface area contributed by atoms with Gasteiger partial charge in [0.2, 0.25) is 0 Å². The minimum atomic E-state index is -0.382. The number of hydrogen-bond donors (Lipinski definition) is 2. The van der Waals surface area contributed by atoms with Crippen molar-refractivity contribution < 1.29 is 14.3 Å². The Kier molecular flexibility index (Phi) is 4.78. The lowest BCUT2D eigenvalue weighted by molar-refractivity contribution is -0.0689. The molecule has 0 bridgehead atoms. The number of carbonyl (C=O) groups excluding carboxylic acids is 1. The van der Waals surface area contributed by atoms with E-state index in [0.717, 1.165) is 17.7 Å². The topological polar surface area (TPSA) is 59.6 Å². The zero-order valence-electron chi connectivity index (χ0n) is 14.0. The predicted octanol–water partition coefficient (Wildman–Crippen LogP) is 3.30. The number of benzene rings is 1. The Hall–Kier alpha value is -1.59. The highest BCUT2D eigenvalue weighted by atomic mass is 16.5. The van der Waals surface area contributed by atoms with Crippen LogP contribution in [0.5, 0.6) is 0 Å². The number of nitrogens with one attached hydrogen (secondary N) is 2. The van der Waals surface area contributed by atoms with Crippen molar-refractivity contribution in [1.82, 2.24) is 5.32 Å². The van der Waals surface area contributed by atoms with Crippen LogP contribution >= 0.6 is 0 Å². The van der Waals surface area contributed by atoms with Crippen molar-refractivity contribution in [2.45, 2.75) is 58.0 Å². The van der Waals surface area contributed by atoms with Crippen molar-refractivity contribution in [2.75, 3.05) is 12.4 Å². The van der Waals surface area contributed by atoms with Crippen LogP contribution in [-0.2, 0) is 16.1 Å². The summed E-state index contributed by atoms with van der Waals surface area (Å²) in [7, 11) is 1.64. The van der Waals surface area contributed by atoms with Gasteiger partial charge in [0.1, 0.15) is 0 Å². The smallest absolute Gasteiger partial charge is 0.319 e. The van der Waals surface area contributed by atoms with Gasteiger partial charge in [-0.05, 0) is 40.2 Å². The Morgan fingerprint density at radius 1 is 1.32 bits per heavy atom. The monoisotopic (exact) mass is 306 g/mol. The molecule has 1 heterocycles. The van der Waals surface area contributed by atoms with E-state index in [4.69, 9.17) is 9.47 Å². The predicted molar refractivity (Wildman–Crippen MR) is 87.0 cm³/mol. The van der Waals surface area contributed by atoms with E-state index >= 15 is 0 Å². The van der Waals surface area contributed by atoms with Crippen molar-refractivity contribution in [1.29, 1.82) is 0 Å². The average Bonchev–Trinajstić information content (AvgIpc) is 2.59. The van der Waals surface area contributed by atoms with Crippen molar-refractivity contribution in [2.24, 2.45) is 0 Å². The maximum Gasteiger partial charge on any atom is 0.319 e. The Morgan fingerprint density at radius 2 is 2.00 bits per heavy atom. The Balaban J connectivity index is 2.02. The summed E-state index contributed by atoms with van der Waals surface area (Å²) in [6.07, 6.45) is 0.785. The van der Waals surface area contributed by atoms with E-state index in [1.54, 1.807) is 7.11 Å². The molecule has 122 valence electrons. The van der Waals surface area contributed by atoms with Gasteiger partial charge in [-0.15, -0.1) is 0 Å². The molecule has 0 aromatic heterocycles. The number of para-hydroxylation sites is 1. The summed E-state index contributed by atoms with van der Waals surface area (Å²) in [5.74, 6) is 0. The molecule has 2 amide bonds. The minimum Gasteiger partial charge on any atom is -0.380 e. The first kappa shape index (κ1) is 16.8. The third-order valence-corrected chi connectivity index (χ3v) is 3.94. The number of anilines is 1. The summed E-state index contributed by atoms with van der Waals surface area (Å²) in [6, 6.07) is 7.37. The summed E-state index contributed by atoms with van der Waals surface area (Å²) in [6.45, 7) is 8.56. The van der Waals surface area contributed by atoms with E-state index in [1.165, 1.54) is 0 Å². The van der Waals surface area contributed by atoms with Crippen molar-refractivity contribution in [3.05, 3.63) is 29.8 Å². The Labute approximate surface area is 132 Å². The number of hydrogen-bond acceptors (Lipinski definition) is 3. The molecule has 1 atom stereocenters. The van der Waals surface area contributed by atoms with Gasteiger partial charge < -0.3 is 20.1 Å². The Bertz CT molecular complexity index is 540. The zero-order valence-corrected chi connectivity index (χ0v) is 14.0. The van der Waals surface area contributed by atoms with E-state index in [2.05, 4.69) is 10.6 Å². The van der Waals surface area contributed by atoms with Crippen molar-refractivity contribution in [3.8, 4) is 0 Å². The lowest BCUT2D eigenvalue weighted by Gasteiger charge is -2.27. The second-order valence-electron chi connectivity index (χ2n) is 6.91. The number of rotatable bonds is 4. The summed E-state index contributed by atoms with van der Waals surface area (Å²) in [4.78, 5) is 12.3. The Morgan fingerprint density at radius 3 is 2.59 bits per heavy atom. The molecule has 0 spiro atoms. The minimum absolute atomic E-state index is 0.0305. The molecule has 2 N–H and O–H groups in total. The summed E-state index contributed by atoms with van der Waals surface area (Å²) < 4.78 is 11.2. The van der Waals surface area contributed by atoms with E-state index < -0.39 is 0 Å². The van der Waals surface area contributed by atoms with E-state index in [1.807, 2.05) is 52.0 Å². The van der Waals surface area contributed by atoms with Gasteiger partial charge in [-0.25, -0.2) is 4.79 Å². The molecule has 5 nitrogen and oxygen atoms in total. The number of methoxy groups -OCH3 is 1. The molecule has 0 radical (unpaired) electrons. The van der Waals surface area contributed by atoms with Crippen LogP contribution < -0.4 is 10.6 Å². The molecular weight excluding hydrogens is 280 g/mol. The first-order chi connectivity index (χ1) is 10.2. The van der Waals surface area contributed by atoms with Gasteiger partial charge >= 0.3 is 6.03 Å². The third-order valence-electron chi connectivity index (χ3n) is 3.94. The van der Waals surface area contributed by atoms with Crippen LogP contribution in [0, 0.1) is 0 Å². The van der Waals surface area contributed by atoms with Crippen molar-refractivity contribution >= 4 is 11.7 Å². The number of carbonyl (C=O) groups is 1. The van der Waals surface area contributed by atoms with Crippen LogP contribution in [0.1, 0.15) is 39.7 Å². The second kappa shape index (κ2) is 6.26. The van der Waals surface area contributed by atoms with Gasteiger partial charge in [0.15, 0.2) is 0 Å². The molecule has 0 saturated carbocycles. The van der Waals surface area contributed by atoms with Gasteiger partial charge in [-0.3, -0.25) is 0 Å². The SMILES string of the molecule is COCc1ccccc1NC(=O)N[C@H]1CC(C)(C)OC1(C)C. The highest BCUT2D eigenvalue weighted by Crippen LogP contribution is 2.37. The van der Waals surface area contributed by atoms with E-state index in [-0.39, 0.29) is 23.3 Å². The largest absolute Gasteiger partial charge is 0.380 e. The van der Waals surface area contributed by atoms with Crippen LogP contribution in [-0.4, -0.2) is 30.4 Å². The van der Waals surface area contributed by atoms with Crippen LogP contribution in [0.4, 0.5) is 10.5 Å². The summed E-state index contributed by atoms with van der Waals surface area (Å²) in [5, 5.41) is 5.93. The molecule has 1 fully saturated rings. The lowest BCUT2D eigenvalue weighted by atomic mass is 9.95. The lowest BCUT2D eigenvalue weighted by Crippen LogP contribution is -2.47. The highest BCUT2D eigenvalue weighted by Gasteiger charge is 2.46. The van der Waals surface area contributed by atoms with Gasteiger partial charge in [-0.2, -0.15) is 0 Å². The fourth-order valence-electron chi connectivity index (χ4n) is 3.03. The van der Waals surface area contributed by atoms with E-state index in [9.17, 15) is 4.79 Å². The molecule has 1 aliphatic heterocycles. The molecule has 22 heavy (non-hydrogen) atoms. The second-order valence-corrected chi connectivity index (χ2v) is 6.91. The van der Waals surface area contributed by atoms with Gasteiger partial charge in [-0.1, -0.05) is 18.2 Å². The standard InChI is InChI=1S/C17H26N2O3/c1-16(2)10-14(17(3,4)22-16)19-15(20)18-13-9-7-6-8-12(13)11-21-5/h6-9,14H,10-11H2,1-5H3,(H2,18,19,20)/t14-/m0/s1. The summed E-state index contributed by atoms with van der Waals surface area (Å²) >= 11 is 0. The quantitative estimate of drug-likeness (QED) is 0.897. The molecule has 1 aliphatic rings. The normalized spacial score (nSPS) is 22.3. The van der Waals surface area contributed by atoms with Crippen LogP contribution in [0.25, 0.3) is 0 Å². The summed E-state index contributed by atoms with van der Waals surface area (Å²) in [5.41, 5.74) is 1.10. The number of ether oxygens (including phenoxy) is 2. The highest BCUT2D eigenvalue weighted by molar-refractivity contribution is 5.90. The first-order valence-corrected chi connectivity index (χ1v) is 7.58. The first-order valence-electron chi connectivity index (χ1n) is 7.58. The molecule has 1 aromatic rings.